The maximum atomic E-state index is 5.18. The number of hydrogen-bond acceptors (Lipinski definition) is 4. The first kappa shape index (κ1) is 11.9. The molecule has 2 aromatic heterocycles. The predicted molar refractivity (Wildman–Crippen MR) is 67.2 cm³/mol. The fourth-order valence-corrected chi connectivity index (χ4v) is 1.82. The third-order valence-corrected chi connectivity index (χ3v) is 2.58. The summed E-state index contributed by atoms with van der Waals surface area (Å²) in [5.41, 5.74) is 0.850. The summed E-state index contributed by atoms with van der Waals surface area (Å²) in [5.74, 6) is 0.659. The van der Waals surface area contributed by atoms with Crippen molar-refractivity contribution in [1.29, 1.82) is 0 Å². The summed E-state index contributed by atoms with van der Waals surface area (Å²) in [6.07, 6.45) is 4.04. The van der Waals surface area contributed by atoms with Gasteiger partial charge in [-0.3, -0.25) is 0 Å². The van der Waals surface area contributed by atoms with Gasteiger partial charge in [-0.1, -0.05) is 19.4 Å². The van der Waals surface area contributed by atoms with Crippen LogP contribution >= 0.6 is 0 Å². The van der Waals surface area contributed by atoms with E-state index < -0.39 is 0 Å². The van der Waals surface area contributed by atoms with E-state index in [0.29, 0.717) is 12.6 Å². The standard InChI is InChI=1S/C12H18N4O/c1-3-6-10(9-17-2)13-12-14-11-7-4-5-8-16(11)15-12/h4-5,7-8,10H,3,6,9H2,1-2H3,(H,13,15). The van der Waals surface area contributed by atoms with Crippen LogP contribution in [0, 0.1) is 0 Å². The Morgan fingerprint density at radius 3 is 3.06 bits per heavy atom. The van der Waals surface area contributed by atoms with E-state index in [4.69, 9.17) is 4.74 Å². The number of methoxy groups -OCH3 is 1. The number of pyridine rings is 1. The van der Waals surface area contributed by atoms with Gasteiger partial charge in [-0.2, -0.15) is 4.98 Å². The summed E-state index contributed by atoms with van der Waals surface area (Å²) in [7, 11) is 1.71. The second kappa shape index (κ2) is 5.63. The van der Waals surface area contributed by atoms with Crippen molar-refractivity contribution in [2.45, 2.75) is 25.8 Å². The predicted octanol–water partition coefficient (Wildman–Crippen LogP) is 1.96. The molecule has 0 aliphatic carbocycles. The molecular weight excluding hydrogens is 216 g/mol. The fourth-order valence-electron chi connectivity index (χ4n) is 1.82. The maximum absolute atomic E-state index is 5.18. The first-order chi connectivity index (χ1) is 8.33. The van der Waals surface area contributed by atoms with Crippen LogP contribution in [0.3, 0.4) is 0 Å². The van der Waals surface area contributed by atoms with Gasteiger partial charge >= 0.3 is 0 Å². The molecule has 0 aromatic carbocycles. The highest BCUT2D eigenvalue weighted by Gasteiger charge is 2.10. The Labute approximate surface area is 101 Å². The minimum atomic E-state index is 0.266. The Kier molecular flexibility index (Phi) is 3.93. The van der Waals surface area contributed by atoms with Crippen LogP contribution in [-0.2, 0) is 4.74 Å². The van der Waals surface area contributed by atoms with Gasteiger partial charge in [-0.15, -0.1) is 5.10 Å². The van der Waals surface area contributed by atoms with Crippen molar-refractivity contribution in [2.24, 2.45) is 0 Å². The molecule has 92 valence electrons. The van der Waals surface area contributed by atoms with E-state index in [1.54, 1.807) is 11.6 Å². The topological polar surface area (TPSA) is 51.5 Å². The van der Waals surface area contributed by atoms with Gasteiger partial charge < -0.3 is 10.1 Å². The molecule has 17 heavy (non-hydrogen) atoms. The van der Waals surface area contributed by atoms with Crippen LogP contribution in [0.5, 0.6) is 0 Å². The number of rotatable bonds is 6. The zero-order valence-corrected chi connectivity index (χ0v) is 10.3. The summed E-state index contributed by atoms with van der Waals surface area (Å²) in [6.45, 7) is 2.82. The number of aromatic nitrogens is 3. The molecule has 5 heteroatoms. The van der Waals surface area contributed by atoms with Crippen molar-refractivity contribution in [3.63, 3.8) is 0 Å². The van der Waals surface area contributed by atoms with E-state index in [1.165, 1.54) is 0 Å². The van der Waals surface area contributed by atoms with E-state index in [0.717, 1.165) is 18.5 Å². The zero-order chi connectivity index (χ0) is 12.1. The van der Waals surface area contributed by atoms with Gasteiger partial charge in [-0.05, 0) is 18.6 Å². The molecule has 1 atom stereocenters. The lowest BCUT2D eigenvalue weighted by atomic mass is 10.2. The zero-order valence-electron chi connectivity index (χ0n) is 10.3. The fraction of sp³-hybridized carbons (Fsp3) is 0.500. The normalized spacial score (nSPS) is 12.8. The van der Waals surface area contributed by atoms with Gasteiger partial charge in [0.2, 0.25) is 5.95 Å². The molecule has 1 unspecified atom stereocenters. The van der Waals surface area contributed by atoms with E-state index in [-0.39, 0.29) is 6.04 Å². The second-order valence-corrected chi connectivity index (χ2v) is 4.02. The van der Waals surface area contributed by atoms with Gasteiger partial charge in [0.05, 0.1) is 12.6 Å². The highest BCUT2D eigenvalue weighted by atomic mass is 16.5. The number of anilines is 1. The molecule has 2 heterocycles. The van der Waals surface area contributed by atoms with Crippen LogP contribution in [-0.4, -0.2) is 34.4 Å². The molecule has 0 fully saturated rings. The number of hydrogen-bond donors (Lipinski definition) is 1. The molecule has 0 saturated heterocycles. The quantitative estimate of drug-likeness (QED) is 0.830. The van der Waals surface area contributed by atoms with E-state index in [2.05, 4.69) is 22.3 Å². The highest BCUT2D eigenvalue weighted by molar-refractivity contribution is 5.43. The van der Waals surface area contributed by atoms with Crippen LogP contribution in [0.2, 0.25) is 0 Å². The lowest BCUT2D eigenvalue weighted by molar-refractivity contribution is 0.182. The molecule has 0 aliphatic heterocycles. The minimum Gasteiger partial charge on any atom is -0.383 e. The molecule has 0 bridgehead atoms. The number of nitrogens with zero attached hydrogens (tertiary/aromatic N) is 3. The summed E-state index contributed by atoms with van der Waals surface area (Å²) < 4.78 is 6.94. The highest BCUT2D eigenvalue weighted by Crippen LogP contribution is 2.08. The van der Waals surface area contributed by atoms with Crippen LogP contribution in [0.25, 0.3) is 5.65 Å². The molecular formula is C12H18N4O. The van der Waals surface area contributed by atoms with Crippen molar-refractivity contribution in [3.8, 4) is 0 Å². The Morgan fingerprint density at radius 1 is 1.47 bits per heavy atom. The first-order valence-corrected chi connectivity index (χ1v) is 5.90. The Morgan fingerprint density at radius 2 is 2.35 bits per heavy atom. The summed E-state index contributed by atoms with van der Waals surface area (Å²) in [6, 6.07) is 6.09. The van der Waals surface area contributed by atoms with E-state index >= 15 is 0 Å². The van der Waals surface area contributed by atoms with Gasteiger partial charge in [0.1, 0.15) is 0 Å². The smallest absolute Gasteiger partial charge is 0.243 e. The Bertz CT molecular complexity index is 429. The van der Waals surface area contributed by atoms with Crippen molar-refractivity contribution < 1.29 is 4.74 Å². The maximum Gasteiger partial charge on any atom is 0.243 e. The average molecular weight is 234 g/mol. The van der Waals surface area contributed by atoms with E-state index in [9.17, 15) is 0 Å². The number of ether oxygens (including phenoxy) is 1. The Hall–Kier alpha value is -1.62. The minimum absolute atomic E-state index is 0.266. The number of nitrogens with one attached hydrogen (secondary N) is 1. The van der Waals surface area contributed by atoms with Crippen molar-refractivity contribution in [1.82, 2.24) is 14.6 Å². The second-order valence-electron chi connectivity index (χ2n) is 4.02. The number of fused-ring (bicyclic) bond motifs is 1. The van der Waals surface area contributed by atoms with Gasteiger partial charge in [0.25, 0.3) is 0 Å². The molecule has 0 aliphatic rings. The summed E-state index contributed by atoms with van der Waals surface area (Å²) in [5, 5.41) is 7.66. The van der Waals surface area contributed by atoms with Crippen molar-refractivity contribution in [3.05, 3.63) is 24.4 Å². The average Bonchev–Trinajstić information content (AvgIpc) is 2.71. The van der Waals surface area contributed by atoms with Crippen LogP contribution in [0.15, 0.2) is 24.4 Å². The van der Waals surface area contributed by atoms with Gasteiger partial charge in [0, 0.05) is 13.3 Å². The van der Waals surface area contributed by atoms with Crippen molar-refractivity contribution in [2.75, 3.05) is 19.0 Å². The van der Waals surface area contributed by atoms with Gasteiger partial charge in [0.15, 0.2) is 5.65 Å². The van der Waals surface area contributed by atoms with Crippen LogP contribution < -0.4 is 5.32 Å². The third-order valence-electron chi connectivity index (χ3n) is 2.58. The Balaban J connectivity index is 2.10. The first-order valence-electron chi connectivity index (χ1n) is 5.90. The largest absolute Gasteiger partial charge is 0.383 e. The lowest BCUT2D eigenvalue weighted by Crippen LogP contribution is -2.25. The van der Waals surface area contributed by atoms with Crippen LogP contribution in [0.4, 0.5) is 5.95 Å². The third kappa shape index (κ3) is 2.94. The summed E-state index contributed by atoms with van der Waals surface area (Å²) >= 11 is 0. The molecule has 5 nitrogen and oxygen atoms in total. The van der Waals surface area contributed by atoms with Crippen LogP contribution in [0.1, 0.15) is 19.8 Å². The summed E-state index contributed by atoms with van der Waals surface area (Å²) in [4.78, 5) is 4.40. The molecule has 1 N–H and O–H groups in total. The van der Waals surface area contributed by atoms with Gasteiger partial charge in [-0.25, -0.2) is 4.52 Å². The molecule has 0 radical (unpaired) electrons. The van der Waals surface area contributed by atoms with E-state index in [1.807, 2.05) is 24.4 Å². The molecule has 0 amide bonds. The molecule has 2 rings (SSSR count). The van der Waals surface area contributed by atoms with Crippen molar-refractivity contribution >= 4 is 11.6 Å². The monoisotopic (exact) mass is 234 g/mol. The SMILES string of the molecule is CCCC(COC)Nc1nc2ccccn2n1. The molecule has 0 spiro atoms. The molecule has 0 saturated carbocycles. The lowest BCUT2D eigenvalue weighted by Gasteiger charge is -2.15. The molecule has 2 aromatic rings.